The van der Waals surface area contributed by atoms with Crippen LogP contribution in [0.1, 0.15) is 33.1 Å². The maximum Gasteiger partial charge on any atom is 0.312 e. The van der Waals surface area contributed by atoms with Crippen molar-refractivity contribution in [2.75, 3.05) is 0 Å². The molecule has 0 spiro atoms. The summed E-state index contributed by atoms with van der Waals surface area (Å²) in [4.78, 5) is 10.8. The standard InChI is InChI=1S/C10H18N2O/c1-10(2)7-4-3-6(5-7)8(10)12-9(11)13/h6-8H,3-5H2,1-2H3,(H3,11,12,13)/t6-,7+,8-/m1/s1. The summed E-state index contributed by atoms with van der Waals surface area (Å²) in [5.41, 5.74) is 5.42. The van der Waals surface area contributed by atoms with E-state index in [0.717, 1.165) is 5.92 Å². The van der Waals surface area contributed by atoms with Gasteiger partial charge < -0.3 is 11.1 Å². The maximum absolute atomic E-state index is 10.8. The van der Waals surface area contributed by atoms with Crippen LogP contribution < -0.4 is 11.1 Å². The van der Waals surface area contributed by atoms with Gasteiger partial charge in [-0.1, -0.05) is 13.8 Å². The van der Waals surface area contributed by atoms with Crippen LogP contribution in [0.2, 0.25) is 0 Å². The van der Waals surface area contributed by atoms with Crippen LogP contribution in [0.5, 0.6) is 0 Å². The molecule has 13 heavy (non-hydrogen) atoms. The van der Waals surface area contributed by atoms with Gasteiger partial charge in [-0.25, -0.2) is 4.79 Å². The molecule has 0 aliphatic heterocycles. The van der Waals surface area contributed by atoms with Gasteiger partial charge in [0.1, 0.15) is 0 Å². The van der Waals surface area contributed by atoms with Gasteiger partial charge in [0, 0.05) is 6.04 Å². The van der Waals surface area contributed by atoms with E-state index in [0.29, 0.717) is 12.0 Å². The van der Waals surface area contributed by atoms with Crippen LogP contribution in [0, 0.1) is 17.3 Å². The van der Waals surface area contributed by atoms with Gasteiger partial charge in [-0.05, 0) is 36.5 Å². The Hall–Kier alpha value is -0.730. The van der Waals surface area contributed by atoms with Crippen LogP contribution in [-0.4, -0.2) is 12.1 Å². The number of carbonyl (C=O) groups excluding carboxylic acids is 1. The Labute approximate surface area is 79.1 Å². The normalized spacial score (nSPS) is 40.6. The summed E-state index contributed by atoms with van der Waals surface area (Å²) in [6.07, 6.45) is 3.87. The first-order valence-electron chi connectivity index (χ1n) is 5.08. The van der Waals surface area contributed by atoms with Crippen molar-refractivity contribution < 1.29 is 4.79 Å². The van der Waals surface area contributed by atoms with Gasteiger partial charge in [-0.2, -0.15) is 0 Å². The number of nitrogens with two attached hydrogens (primary N) is 1. The third-order valence-electron chi connectivity index (χ3n) is 4.10. The molecule has 2 aliphatic carbocycles. The summed E-state index contributed by atoms with van der Waals surface area (Å²) in [7, 11) is 0. The van der Waals surface area contributed by atoms with Gasteiger partial charge in [0.05, 0.1) is 0 Å². The Morgan fingerprint density at radius 2 is 2.15 bits per heavy atom. The predicted octanol–water partition coefficient (Wildman–Crippen LogP) is 1.48. The smallest absolute Gasteiger partial charge is 0.312 e. The summed E-state index contributed by atoms with van der Waals surface area (Å²) in [5.74, 6) is 1.46. The van der Waals surface area contributed by atoms with Crippen LogP contribution in [-0.2, 0) is 0 Å². The van der Waals surface area contributed by atoms with Gasteiger partial charge in [-0.3, -0.25) is 0 Å². The molecule has 74 valence electrons. The van der Waals surface area contributed by atoms with E-state index < -0.39 is 0 Å². The van der Waals surface area contributed by atoms with Gasteiger partial charge in [0.25, 0.3) is 0 Å². The molecule has 0 aromatic rings. The minimum absolute atomic E-state index is 0.248. The number of primary amides is 1. The third kappa shape index (κ3) is 1.21. The van der Waals surface area contributed by atoms with E-state index in [1.54, 1.807) is 0 Å². The summed E-state index contributed by atoms with van der Waals surface area (Å²) in [6, 6.07) is -0.0608. The molecule has 2 amide bonds. The summed E-state index contributed by atoms with van der Waals surface area (Å²) in [5, 5.41) is 2.90. The number of hydrogen-bond acceptors (Lipinski definition) is 1. The molecule has 2 saturated carbocycles. The highest BCUT2D eigenvalue weighted by molar-refractivity contribution is 5.72. The second kappa shape index (κ2) is 2.63. The Balaban J connectivity index is 2.14. The average Bonchev–Trinajstić information content (AvgIpc) is 2.53. The van der Waals surface area contributed by atoms with Gasteiger partial charge in [0.15, 0.2) is 0 Å². The quantitative estimate of drug-likeness (QED) is 0.634. The molecule has 0 radical (unpaired) electrons. The van der Waals surface area contributed by atoms with Gasteiger partial charge in [0.2, 0.25) is 0 Å². The van der Waals surface area contributed by atoms with Crippen molar-refractivity contribution >= 4 is 6.03 Å². The summed E-state index contributed by atoms with van der Waals surface area (Å²) >= 11 is 0. The minimum Gasteiger partial charge on any atom is -0.352 e. The molecule has 3 N–H and O–H groups in total. The van der Waals surface area contributed by atoms with E-state index >= 15 is 0 Å². The largest absolute Gasteiger partial charge is 0.352 e. The van der Waals surface area contributed by atoms with Crippen LogP contribution in [0.3, 0.4) is 0 Å². The first kappa shape index (κ1) is 8.85. The Kier molecular flexibility index (Phi) is 1.79. The highest BCUT2D eigenvalue weighted by atomic mass is 16.2. The van der Waals surface area contributed by atoms with Gasteiger partial charge in [-0.15, -0.1) is 0 Å². The van der Waals surface area contributed by atoms with Crippen molar-refractivity contribution in [1.82, 2.24) is 5.32 Å². The first-order valence-corrected chi connectivity index (χ1v) is 5.08. The molecule has 2 fully saturated rings. The fraction of sp³-hybridized carbons (Fsp3) is 0.900. The van der Waals surface area contributed by atoms with E-state index in [4.69, 9.17) is 5.73 Å². The molecule has 2 bridgehead atoms. The fourth-order valence-electron chi connectivity index (χ4n) is 3.31. The molecule has 0 aromatic carbocycles. The third-order valence-corrected chi connectivity index (χ3v) is 4.10. The number of carbonyl (C=O) groups is 1. The van der Waals surface area contributed by atoms with E-state index in [1.165, 1.54) is 19.3 Å². The van der Waals surface area contributed by atoms with E-state index in [1.807, 2.05) is 0 Å². The van der Waals surface area contributed by atoms with Crippen molar-refractivity contribution in [2.24, 2.45) is 23.0 Å². The molecule has 2 rings (SSSR count). The highest BCUT2D eigenvalue weighted by Gasteiger charge is 2.52. The molecule has 2 aliphatic rings. The second-order valence-corrected chi connectivity index (χ2v) is 5.08. The number of amides is 2. The number of urea groups is 1. The van der Waals surface area contributed by atoms with Crippen LogP contribution >= 0.6 is 0 Å². The Morgan fingerprint density at radius 1 is 1.46 bits per heavy atom. The fourth-order valence-corrected chi connectivity index (χ4v) is 3.31. The Bertz CT molecular complexity index is 237. The molecule has 0 saturated heterocycles. The van der Waals surface area contributed by atoms with Gasteiger partial charge >= 0.3 is 6.03 Å². The van der Waals surface area contributed by atoms with Crippen molar-refractivity contribution in [3.63, 3.8) is 0 Å². The maximum atomic E-state index is 10.8. The highest BCUT2D eigenvalue weighted by Crippen LogP contribution is 2.55. The average molecular weight is 182 g/mol. The summed E-state index contributed by atoms with van der Waals surface area (Å²) in [6.45, 7) is 4.49. The molecule has 0 heterocycles. The zero-order valence-electron chi connectivity index (χ0n) is 8.34. The Morgan fingerprint density at radius 3 is 2.62 bits per heavy atom. The van der Waals surface area contributed by atoms with Crippen molar-refractivity contribution in [3.05, 3.63) is 0 Å². The van der Waals surface area contributed by atoms with Crippen LogP contribution in [0.25, 0.3) is 0 Å². The van der Waals surface area contributed by atoms with E-state index in [-0.39, 0.29) is 11.4 Å². The number of hydrogen-bond donors (Lipinski definition) is 2. The van der Waals surface area contributed by atoms with E-state index in [9.17, 15) is 4.79 Å². The molecule has 3 nitrogen and oxygen atoms in total. The van der Waals surface area contributed by atoms with Crippen LogP contribution in [0.4, 0.5) is 4.79 Å². The molecular weight excluding hydrogens is 164 g/mol. The summed E-state index contributed by atoms with van der Waals surface area (Å²) < 4.78 is 0. The lowest BCUT2D eigenvalue weighted by Gasteiger charge is -2.38. The zero-order chi connectivity index (χ0) is 9.64. The predicted molar refractivity (Wildman–Crippen MR) is 51.1 cm³/mol. The number of fused-ring (bicyclic) bond motifs is 2. The van der Waals surface area contributed by atoms with Crippen molar-refractivity contribution in [1.29, 1.82) is 0 Å². The minimum atomic E-state index is -0.370. The molecule has 3 atom stereocenters. The molecule has 0 aromatic heterocycles. The topological polar surface area (TPSA) is 55.1 Å². The zero-order valence-corrected chi connectivity index (χ0v) is 8.34. The molecule has 0 unspecified atom stereocenters. The van der Waals surface area contributed by atoms with Crippen LogP contribution in [0.15, 0.2) is 0 Å². The second-order valence-electron chi connectivity index (χ2n) is 5.08. The monoisotopic (exact) mass is 182 g/mol. The lowest BCUT2D eigenvalue weighted by molar-refractivity contribution is 0.154. The van der Waals surface area contributed by atoms with Crippen molar-refractivity contribution in [3.8, 4) is 0 Å². The van der Waals surface area contributed by atoms with Crippen molar-refractivity contribution in [2.45, 2.75) is 39.2 Å². The lowest BCUT2D eigenvalue weighted by Crippen LogP contribution is -2.50. The first-order chi connectivity index (χ1) is 6.01. The molecule has 3 heteroatoms. The number of rotatable bonds is 1. The van der Waals surface area contributed by atoms with E-state index in [2.05, 4.69) is 19.2 Å². The number of nitrogens with one attached hydrogen (secondary N) is 1. The molecular formula is C10H18N2O. The lowest BCUT2D eigenvalue weighted by atomic mass is 9.73. The SMILES string of the molecule is CC1(C)[C@H]2CC[C@H](C2)[C@H]1NC(N)=O.